The van der Waals surface area contributed by atoms with Crippen molar-refractivity contribution in [3.8, 4) is 0 Å². The van der Waals surface area contributed by atoms with Gasteiger partial charge in [0.05, 0.1) is 11.1 Å². The first-order valence-corrected chi connectivity index (χ1v) is 10.7. The second-order valence-electron chi connectivity index (χ2n) is 7.04. The number of hydrogen-bond acceptors (Lipinski definition) is 4. The molecule has 2 aromatic heterocycles. The smallest absolute Gasteiger partial charge is 0.254 e. The molecule has 0 atom stereocenters. The third-order valence-electron chi connectivity index (χ3n) is 5.15. The fourth-order valence-electron chi connectivity index (χ4n) is 3.79. The predicted octanol–water partition coefficient (Wildman–Crippen LogP) is 4.60. The van der Waals surface area contributed by atoms with Crippen molar-refractivity contribution in [1.29, 1.82) is 0 Å². The summed E-state index contributed by atoms with van der Waals surface area (Å²) in [5, 5.41) is 5.11. The van der Waals surface area contributed by atoms with Crippen LogP contribution in [0, 0.1) is 0 Å². The number of benzene rings is 1. The van der Waals surface area contributed by atoms with E-state index in [1.165, 1.54) is 11.1 Å². The van der Waals surface area contributed by atoms with Gasteiger partial charge < -0.3 is 9.80 Å². The van der Waals surface area contributed by atoms with Gasteiger partial charge in [0.25, 0.3) is 5.91 Å². The molecule has 140 valence electrons. The van der Waals surface area contributed by atoms with Gasteiger partial charge in [0.1, 0.15) is 0 Å². The van der Waals surface area contributed by atoms with Gasteiger partial charge >= 0.3 is 0 Å². The highest BCUT2D eigenvalue weighted by Gasteiger charge is 2.22. The summed E-state index contributed by atoms with van der Waals surface area (Å²) in [5.74, 6) is 0.157. The minimum absolute atomic E-state index is 0.157. The van der Waals surface area contributed by atoms with Crippen LogP contribution in [-0.4, -0.2) is 42.0 Å². The second-order valence-corrected chi connectivity index (χ2v) is 7.82. The SMILES string of the molecule is CCCc1cc(N2CCCN(C(=O)c3ccsc3)CC2)c2ccccc2n1. The van der Waals surface area contributed by atoms with E-state index in [1.54, 1.807) is 11.3 Å². The maximum absolute atomic E-state index is 12.7. The van der Waals surface area contributed by atoms with Gasteiger partial charge in [-0.1, -0.05) is 31.5 Å². The fraction of sp³-hybridized carbons (Fsp3) is 0.364. The van der Waals surface area contributed by atoms with E-state index in [9.17, 15) is 4.79 Å². The molecule has 0 aliphatic carbocycles. The van der Waals surface area contributed by atoms with Crippen molar-refractivity contribution in [3.63, 3.8) is 0 Å². The van der Waals surface area contributed by atoms with Crippen LogP contribution in [0.15, 0.2) is 47.2 Å². The van der Waals surface area contributed by atoms with Gasteiger partial charge in [-0.15, -0.1) is 0 Å². The average molecular weight is 380 g/mol. The molecule has 0 radical (unpaired) electrons. The molecule has 1 saturated heterocycles. The number of nitrogens with zero attached hydrogens (tertiary/aromatic N) is 3. The van der Waals surface area contributed by atoms with Crippen molar-refractivity contribution >= 4 is 33.8 Å². The van der Waals surface area contributed by atoms with Crippen LogP contribution < -0.4 is 4.90 Å². The third-order valence-corrected chi connectivity index (χ3v) is 5.83. The monoisotopic (exact) mass is 379 g/mol. The molecule has 1 amide bonds. The van der Waals surface area contributed by atoms with Crippen LogP contribution in [0.2, 0.25) is 0 Å². The number of anilines is 1. The van der Waals surface area contributed by atoms with Gasteiger partial charge in [-0.2, -0.15) is 11.3 Å². The lowest BCUT2D eigenvalue weighted by Gasteiger charge is -2.25. The fourth-order valence-corrected chi connectivity index (χ4v) is 4.42. The molecule has 3 aromatic rings. The Morgan fingerprint density at radius 2 is 2.04 bits per heavy atom. The lowest BCUT2D eigenvalue weighted by atomic mass is 10.1. The molecule has 4 nitrogen and oxygen atoms in total. The highest BCUT2D eigenvalue weighted by molar-refractivity contribution is 7.08. The lowest BCUT2D eigenvalue weighted by molar-refractivity contribution is 0.0767. The number of para-hydroxylation sites is 1. The van der Waals surface area contributed by atoms with E-state index in [-0.39, 0.29) is 5.91 Å². The van der Waals surface area contributed by atoms with Crippen molar-refractivity contribution in [2.24, 2.45) is 0 Å². The topological polar surface area (TPSA) is 36.4 Å². The van der Waals surface area contributed by atoms with Gasteiger partial charge in [-0.3, -0.25) is 9.78 Å². The summed E-state index contributed by atoms with van der Waals surface area (Å²) in [6.45, 7) is 5.59. The molecule has 0 N–H and O–H groups in total. The zero-order valence-electron chi connectivity index (χ0n) is 15.7. The number of carbonyl (C=O) groups excluding carboxylic acids is 1. The van der Waals surface area contributed by atoms with Crippen LogP contribution >= 0.6 is 11.3 Å². The Morgan fingerprint density at radius 1 is 1.15 bits per heavy atom. The first-order chi connectivity index (χ1) is 13.3. The number of fused-ring (bicyclic) bond motifs is 1. The zero-order chi connectivity index (χ0) is 18.6. The molecule has 0 spiro atoms. The molecule has 0 saturated carbocycles. The number of thiophene rings is 1. The Kier molecular flexibility index (Phi) is 5.39. The molecular weight excluding hydrogens is 354 g/mol. The molecule has 27 heavy (non-hydrogen) atoms. The van der Waals surface area contributed by atoms with Crippen LogP contribution in [0.3, 0.4) is 0 Å². The summed E-state index contributed by atoms with van der Waals surface area (Å²) < 4.78 is 0. The molecule has 1 aromatic carbocycles. The van der Waals surface area contributed by atoms with E-state index in [4.69, 9.17) is 4.98 Å². The summed E-state index contributed by atoms with van der Waals surface area (Å²) in [4.78, 5) is 22.0. The molecule has 3 heterocycles. The van der Waals surface area contributed by atoms with E-state index in [0.29, 0.717) is 0 Å². The highest BCUT2D eigenvalue weighted by Crippen LogP contribution is 2.28. The summed E-state index contributed by atoms with van der Waals surface area (Å²) in [6.07, 6.45) is 3.07. The van der Waals surface area contributed by atoms with E-state index in [2.05, 4.69) is 42.2 Å². The van der Waals surface area contributed by atoms with Gasteiger partial charge in [-0.25, -0.2) is 0 Å². The number of hydrogen-bond donors (Lipinski definition) is 0. The standard InChI is InChI=1S/C22H25N3OS/c1-2-6-18-15-21(19-7-3-4-8-20(19)23-18)24-10-5-11-25(13-12-24)22(26)17-9-14-27-16-17/h3-4,7-9,14-16H,2,5-6,10-13H2,1H3. The second kappa shape index (κ2) is 8.09. The molecule has 0 bridgehead atoms. The van der Waals surface area contributed by atoms with E-state index < -0.39 is 0 Å². The van der Waals surface area contributed by atoms with Crippen LogP contribution in [0.1, 0.15) is 35.8 Å². The lowest BCUT2D eigenvalue weighted by Crippen LogP contribution is -2.35. The number of aryl methyl sites for hydroxylation is 1. The Balaban J connectivity index is 1.59. The molecule has 1 aliphatic heterocycles. The van der Waals surface area contributed by atoms with Crippen molar-refractivity contribution in [2.45, 2.75) is 26.2 Å². The number of amides is 1. The maximum Gasteiger partial charge on any atom is 0.254 e. The Morgan fingerprint density at radius 3 is 2.85 bits per heavy atom. The van der Waals surface area contributed by atoms with Crippen LogP contribution in [0.25, 0.3) is 10.9 Å². The summed E-state index contributed by atoms with van der Waals surface area (Å²) in [6, 6.07) is 12.6. The van der Waals surface area contributed by atoms with E-state index in [1.807, 2.05) is 21.7 Å². The number of aromatic nitrogens is 1. The van der Waals surface area contributed by atoms with Crippen molar-refractivity contribution in [1.82, 2.24) is 9.88 Å². The summed E-state index contributed by atoms with van der Waals surface area (Å²) in [7, 11) is 0. The average Bonchev–Trinajstić information content (AvgIpc) is 3.12. The Bertz CT molecular complexity index is 922. The normalized spacial score (nSPS) is 15.1. The maximum atomic E-state index is 12.7. The molecule has 1 aliphatic rings. The van der Waals surface area contributed by atoms with Gasteiger partial charge in [0, 0.05) is 48.3 Å². The van der Waals surface area contributed by atoms with Gasteiger partial charge in [-0.05, 0) is 36.4 Å². The molecule has 5 heteroatoms. The third kappa shape index (κ3) is 3.83. The predicted molar refractivity (Wildman–Crippen MR) is 113 cm³/mol. The molecule has 4 rings (SSSR count). The van der Waals surface area contributed by atoms with E-state index >= 15 is 0 Å². The Labute approximate surface area is 164 Å². The van der Waals surface area contributed by atoms with Gasteiger partial charge in [0.15, 0.2) is 0 Å². The van der Waals surface area contributed by atoms with Crippen molar-refractivity contribution < 1.29 is 4.79 Å². The molecule has 1 fully saturated rings. The first kappa shape index (κ1) is 18.0. The summed E-state index contributed by atoms with van der Waals surface area (Å²) >= 11 is 1.58. The van der Waals surface area contributed by atoms with Crippen molar-refractivity contribution in [3.05, 3.63) is 58.4 Å². The number of carbonyl (C=O) groups is 1. The van der Waals surface area contributed by atoms with Crippen LogP contribution in [0.4, 0.5) is 5.69 Å². The van der Waals surface area contributed by atoms with Gasteiger partial charge in [0.2, 0.25) is 0 Å². The minimum Gasteiger partial charge on any atom is -0.369 e. The highest BCUT2D eigenvalue weighted by atomic mass is 32.1. The van der Waals surface area contributed by atoms with Crippen molar-refractivity contribution in [2.75, 3.05) is 31.1 Å². The summed E-state index contributed by atoms with van der Waals surface area (Å²) in [5.41, 5.74) is 4.29. The number of pyridine rings is 1. The quantitative estimate of drug-likeness (QED) is 0.665. The molecule has 0 unspecified atom stereocenters. The largest absolute Gasteiger partial charge is 0.369 e. The minimum atomic E-state index is 0.157. The van der Waals surface area contributed by atoms with Crippen LogP contribution in [-0.2, 0) is 6.42 Å². The first-order valence-electron chi connectivity index (χ1n) is 9.71. The van der Waals surface area contributed by atoms with E-state index in [0.717, 1.165) is 62.2 Å². The van der Waals surface area contributed by atoms with Crippen LogP contribution in [0.5, 0.6) is 0 Å². The zero-order valence-corrected chi connectivity index (χ0v) is 16.5. The number of rotatable bonds is 4. The Hall–Kier alpha value is -2.40. The molecular formula is C22H25N3OS.